The maximum Gasteiger partial charge on any atom is 0.255 e. The molecule has 2 aromatic carbocycles. The lowest BCUT2D eigenvalue weighted by molar-refractivity contribution is 0.102. The smallest absolute Gasteiger partial charge is 0.255 e. The minimum Gasteiger partial charge on any atom is -0.369 e. The zero-order valence-electron chi connectivity index (χ0n) is 16.3. The minimum absolute atomic E-state index is 0.0551. The summed E-state index contributed by atoms with van der Waals surface area (Å²) in [5, 5.41) is 3.05. The number of benzene rings is 2. The zero-order valence-corrected chi connectivity index (χ0v) is 16.3. The topological polar surface area (TPSA) is 35.6 Å². The number of rotatable bonds is 4. The van der Waals surface area contributed by atoms with E-state index in [9.17, 15) is 4.79 Å². The van der Waals surface area contributed by atoms with Crippen LogP contribution in [0.4, 0.5) is 11.4 Å². The van der Waals surface area contributed by atoms with E-state index in [1.54, 1.807) is 0 Å². The third kappa shape index (κ3) is 4.07. The van der Waals surface area contributed by atoms with Crippen molar-refractivity contribution in [3.05, 3.63) is 58.7 Å². The van der Waals surface area contributed by atoms with Gasteiger partial charge in [0.25, 0.3) is 5.91 Å². The van der Waals surface area contributed by atoms with Crippen molar-refractivity contribution in [3.63, 3.8) is 0 Å². The van der Waals surface area contributed by atoms with Crippen molar-refractivity contribution in [1.82, 2.24) is 4.90 Å². The Morgan fingerprint density at radius 1 is 0.923 bits per heavy atom. The number of aryl methyl sites for hydroxylation is 3. The Hall–Kier alpha value is -2.33. The molecule has 1 aliphatic rings. The van der Waals surface area contributed by atoms with Crippen LogP contribution in [0.3, 0.4) is 0 Å². The lowest BCUT2D eigenvalue weighted by atomic mass is 10.1. The molecular weight excluding hydrogens is 322 g/mol. The van der Waals surface area contributed by atoms with Crippen LogP contribution >= 0.6 is 0 Å². The number of hydrogen-bond donors (Lipinski definition) is 1. The number of nitrogens with one attached hydrogen (secondary N) is 1. The van der Waals surface area contributed by atoms with Gasteiger partial charge in [0.2, 0.25) is 0 Å². The molecule has 4 heteroatoms. The molecule has 1 N–H and O–H groups in total. The van der Waals surface area contributed by atoms with E-state index in [-0.39, 0.29) is 5.91 Å². The first kappa shape index (κ1) is 18.5. The van der Waals surface area contributed by atoms with Crippen LogP contribution in [0, 0.1) is 20.8 Å². The van der Waals surface area contributed by atoms with Gasteiger partial charge in [-0.3, -0.25) is 4.79 Å². The highest BCUT2D eigenvalue weighted by atomic mass is 16.1. The number of hydrogen-bond acceptors (Lipinski definition) is 3. The van der Waals surface area contributed by atoms with Crippen LogP contribution in [0.2, 0.25) is 0 Å². The Balaban J connectivity index is 1.69. The van der Waals surface area contributed by atoms with E-state index >= 15 is 0 Å². The predicted octanol–water partition coefficient (Wildman–Crippen LogP) is 4.01. The van der Waals surface area contributed by atoms with Crippen molar-refractivity contribution < 1.29 is 4.79 Å². The quantitative estimate of drug-likeness (QED) is 0.904. The van der Waals surface area contributed by atoms with Crippen molar-refractivity contribution in [2.24, 2.45) is 0 Å². The summed E-state index contributed by atoms with van der Waals surface area (Å²) in [5.74, 6) is -0.0551. The largest absolute Gasteiger partial charge is 0.369 e. The molecule has 0 saturated carbocycles. The molecule has 4 nitrogen and oxygen atoms in total. The van der Waals surface area contributed by atoms with E-state index in [1.807, 2.05) is 31.2 Å². The molecule has 0 radical (unpaired) electrons. The molecule has 1 heterocycles. The summed E-state index contributed by atoms with van der Waals surface area (Å²) in [5.41, 5.74) is 6.25. The maximum absolute atomic E-state index is 12.6. The average molecular weight is 351 g/mol. The molecule has 26 heavy (non-hydrogen) atoms. The van der Waals surface area contributed by atoms with Gasteiger partial charge in [0.15, 0.2) is 0 Å². The van der Waals surface area contributed by atoms with E-state index in [0.29, 0.717) is 5.56 Å². The second-order valence-electron chi connectivity index (χ2n) is 7.17. The highest BCUT2D eigenvalue weighted by molar-refractivity contribution is 6.04. The fourth-order valence-corrected chi connectivity index (χ4v) is 3.38. The van der Waals surface area contributed by atoms with Crippen LogP contribution < -0.4 is 10.2 Å². The van der Waals surface area contributed by atoms with E-state index < -0.39 is 0 Å². The number of anilines is 2. The van der Waals surface area contributed by atoms with Gasteiger partial charge in [-0.2, -0.15) is 0 Å². The summed E-state index contributed by atoms with van der Waals surface area (Å²) in [7, 11) is 0. The molecule has 2 aromatic rings. The molecule has 0 unspecified atom stereocenters. The molecule has 0 aromatic heterocycles. The Kier molecular flexibility index (Phi) is 5.62. The molecule has 3 rings (SSSR count). The third-order valence-corrected chi connectivity index (χ3v) is 5.41. The maximum atomic E-state index is 12.6. The zero-order chi connectivity index (χ0) is 18.7. The van der Waals surface area contributed by atoms with Crippen LogP contribution in [0.5, 0.6) is 0 Å². The van der Waals surface area contributed by atoms with Gasteiger partial charge in [-0.05, 0) is 74.3 Å². The number of carbonyl (C=O) groups excluding carboxylic acids is 1. The molecular formula is C22H29N3O. The summed E-state index contributed by atoms with van der Waals surface area (Å²) >= 11 is 0. The molecule has 0 atom stereocenters. The molecule has 0 bridgehead atoms. The van der Waals surface area contributed by atoms with Gasteiger partial charge in [0, 0.05) is 43.1 Å². The Bertz CT molecular complexity index is 792. The van der Waals surface area contributed by atoms with E-state index in [1.165, 1.54) is 11.3 Å². The molecule has 1 amide bonds. The van der Waals surface area contributed by atoms with Gasteiger partial charge < -0.3 is 15.1 Å². The van der Waals surface area contributed by atoms with Crippen molar-refractivity contribution in [2.45, 2.75) is 27.7 Å². The first-order valence-electron chi connectivity index (χ1n) is 9.44. The highest BCUT2D eigenvalue weighted by Gasteiger charge is 2.17. The Morgan fingerprint density at radius 3 is 2.27 bits per heavy atom. The fourth-order valence-electron chi connectivity index (χ4n) is 3.38. The van der Waals surface area contributed by atoms with Gasteiger partial charge in [-0.25, -0.2) is 0 Å². The highest BCUT2D eigenvalue weighted by Crippen LogP contribution is 2.24. The molecule has 1 aliphatic heterocycles. The van der Waals surface area contributed by atoms with Crippen molar-refractivity contribution in [1.29, 1.82) is 0 Å². The summed E-state index contributed by atoms with van der Waals surface area (Å²) in [4.78, 5) is 17.5. The SMILES string of the molecule is CCN1CCN(c2ccc(NC(=O)c3ccc(C)c(C)c3)c(C)c2)CC1. The Labute approximate surface area is 156 Å². The second kappa shape index (κ2) is 7.92. The lowest BCUT2D eigenvalue weighted by Crippen LogP contribution is -2.46. The number of nitrogens with zero attached hydrogens (tertiary/aromatic N) is 2. The summed E-state index contributed by atoms with van der Waals surface area (Å²) < 4.78 is 0. The van der Waals surface area contributed by atoms with Crippen LogP contribution in [-0.4, -0.2) is 43.5 Å². The first-order chi connectivity index (χ1) is 12.5. The third-order valence-electron chi connectivity index (χ3n) is 5.41. The van der Waals surface area contributed by atoms with Gasteiger partial charge in [0.05, 0.1) is 0 Å². The van der Waals surface area contributed by atoms with Crippen LogP contribution in [0.1, 0.15) is 34.0 Å². The molecule has 1 fully saturated rings. The van der Waals surface area contributed by atoms with Gasteiger partial charge in [-0.15, -0.1) is 0 Å². The summed E-state index contributed by atoms with van der Waals surface area (Å²) in [6.45, 7) is 13.8. The molecule has 0 spiro atoms. The van der Waals surface area contributed by atoms with E-state index in [4.69, 9.17) is 0 Å². The minimum atomic E-state index is -0.0551. The van der Waals surface area contributed by atoms with Crippen LogP contribution in [0.25, 0.3) is 0 Å². The molecule has 0 aliphatic carbocycles. The monoisotopic (exact) mass is 351 g/mol. The van der Waals surface area contributed by atoms with Crippen molar-refractivity contribution in [3.8, 4) is 0 Å². The van der Waals surface area contributed by atoms with Gasteiger partial charge >= 0.3 is 0 Å². The fraction of sp³-hybridized carbons (Fsp3) is 0.409. The number of carbonyl (C=O) groups is 1. The predicted molar refractivity (Wildman–Crippen MR) is 109 cm³/mol. The second-order valence-corrected chi connectivity index (χ2v) is 7.17. The number of piperazine rings is 1. The first-order valence-corrected chi connectivity index (χ1v) is 9.44. The normalized spacial score (nSPS) is 15.2. The lowest BCUT2D eigenvalue weighted by Gasteiger charge is -2.35. The standard InChI is InChI=1S/C22H29N3O/c1-5-24-10-12-25(13-11-24)20-8-9-21(18(4)15-20)23-22(26)19-7-6-16(2)17(3)14-19/h6-9,14-15H,5,10-13H2,1-4H3,(H,23,26). The van der Waals surface area contributed by atoms with E-state index in [0.717, 1.165) is 49.5 Å². The number of likely N-dealkylation sites (N-methyl/N-ethyl adjacent to an activating group) is 1. The van der Waals surface area contributed by atoms with E-state index in [2.05, 4.69) is 48.0 Å². The summed E-state index contributed by atoms with van der Waals surface area (Å²) in [6, 6.07) is 12.1. The van der Waals surface area contributed by atoms with Crippen molar-refractivity contribution >= 4 is 17.3 Å². The van der Waals surface area contributed by atoms with Crippen LogP contribution in [-0.2, 0) is 0 Å². The summed E-state index contributed by atoms with van der Waals surface area (Å²) in [6.07, 6.45) is 0. The molecule has 138 valence electrons. The average Bonchev–Trinajstić information content (AvgIpc) is 2.65. The van der Waals surface area contributed by atoms with Crippen molar-refractivity contribution in [2.75, 3.05) is 42.9 Å². The number of amides is 1. The van der Waals surface area contributed by atoms with Gasteiger partial charge in [0.1, 0.15) is 0 Å². The van der Waals surface area contributed by atoms with Gasteiger partial charge in [-0.1, -0.05) is 13.0 Å². The Morgan fingerprint density at radius 2 is 1.65 bits per heavy atom. The van der Waals surface area contributed by atoms with Crippen LogP contribution in [0.15, 0.2) is 36.4 Å². The molecule has 1 saturated heterocycles.